The maximum Gasteiger partial charge on any atom is 0.265 e. The Morgan fingerprint density at radius 1 is 1.47 bits per heavy atom. The van der Waals surface area contributed by atoms with Crippen molar-refractivity contribution in [2.75, 3.05) is 17.6 Å². The standard InChI is InChI=1S/C11H12F2N4OS/c12-9(13)7(18)5-16-11-8(10(14)17-19-11)6-2-1-3-15-4-6/h1-4,7,9,16,18H,5H2,(H2,14,17). The monoisotopic (exact) mass is 286 g/mol. The number of aromatic nitrogens is 2. The van der Waals surface area contributed by atoms with E-state index in [1.165, 1.54) is 0 Å². The molecular formula is C11H12F2N4OS. The van der Waals surface area contributed by atoms with Gasteiger partial charge in [0.25, 0.3) is 6.43 Å². The van der Waals surface area contributed by atoms with Gasteiger partial charge in [-0.3, -0.25) is 4.98 Å². The zero-order valence-corrected chi connectivity index (χ0v) is 10.6. The van der Waals surface area contributed by atoms with E-state index in [2.05, 4.69) is 14.7 Å². The topological polar surface area (TPSA) is 84.1 Å². The largest absolute Gasteiger partial charge is 0.385 e. The fraction of sp³-hybridized carbons (Fsp3) is 0.273. The van der Waals surface area contributed by atoms with E-state index in [4.69, 9.17) is 10.8 Å². The number of rotatable bonds is 5. The summed E-state index contributed by atoms with van der Waals surface area (Å²) in [6.45, 7) is -0.271. The fourth-order valence-electron chi connectivity index (χ4n) is 1.50. The summed E-state index contributed by atoms with van der Waals surface area (Å²) in [5.74, 6) is 0.298. The number of pyridine rings is 1. The molecular weight excluding hydrogens is 274 g/mol. The van der Waals surface area contributed by atoms with E-state index >= 15 is 0 Å². The van der Waals surface area contributed by atoms with E-state index in [-0.39, 0.29) is 6.54 Å². The van der Waals surface area contributed by atoms with Gasteiger partial charge in [-0.15, -0.1) is 0 Å². The Hall–Kier alpha value is -1.80. The van der Waals surface area contributed by atoms with Crippen molar-refractivity contribution in [3.63, 3.8) is 0 Å². The number of nitrogens with two attached hydrogens (primary N) is 1. The maximum atomic E-state index is 12.2. The van der Waals surface area contributed by atoms with Gasteiger partial charge in [0, 0.05) is 24.5 Å². The van der Waals surface area contributed by atoms with Crippen LogP contribution in [0.1, 0.15) is 0 Å². The number of halogens is 2. The highest BCUT2D eigenvalue weighted by Gasteiger charge is 2.19. The predicted molar refractivity (Wildman–Crippen MR) is 70.3 cm³/mol. The third kappa shape index (κ3) is 3.15. The van der Waals surface area contributed by atoms with Gasteiger partial charge in [-0.2, -0.15) is 4.37 Å². The van der Waals surface area contributed by atoms with Crippen molar-refractivity contribution in [1.82, 2.24) is 9.36 Å². The second-order valence-corrected chi connectivity index (χ2v) is 4.57. The van der Waals surface area contributed by atoms with Crippen LogP contribution in [0, 0.1) is 0 Å². The molecule has 0 aliphatic carbocycles. The Morgan fingerprint density at radius 2 is 2.26 bits per heavy atom. The first-order chi connectivity index (χ1) is 9.09. The van der Waals surface area contributed by atoms with E-state index in [1.54, 1.807) is 24.5 Å². The van der Waals surface area contributed by atoms with Gasteiger partial charge < -0.3 is 16.2 Å². The van der Waals surface area contributed by atoms with Crippen LogP contribution in [-0.4, -0.2) is 33.5 Å². The first-order valence-corrected chi connectivity index (χ1v) is 6.22. The lowest BCUT2D eigenvalue weighted by molar-refractivity contribution is 0.00388. The molecule has 2 rings (SSSR count). The van der Waals surface area contributed by atoms with Crippen LogP contribution in [0.3, 0.4) is 0 Å². The smallest absolute Gasteiger partial charge is 0.265 e. The highest BCUT2D eigenvalue weighted by molar-refractivity contribution is 7.11. The number of aliphatic hydroxyl groups is 1. The van der Waals surface area contributed by atoms with Gasteiger partial charge in [-0.1, -0.05) is 6.07 Å². The Kier molecular flexibility index (Phi) is 4.23. The molecule has 0 aromatic carbocycles. The van der Waals surface area contributed by atoms with Crippen LogP contribution in [0.2, 0.25) is 0 Å². The predicted octanol–water partition coefficient (Wildman–Crippen LogP) is 1.83. The summed E-state index contributed by atoms with van der Waals surface area (Å²) < 4.78 is 28.4. The van der Waals surface area contributed by atoms with Crippen molar-refractivity contribution in [2.24, 2.45) is 0 Å². The first kappa shape index (κ1) is 13.6. The molecule has 0 aliphatic heterocycles. The van der Waals surface area contributed by atoms with Crippen LogP contribution in [0.5, 0.6) is 0 Å². The molecule has 0 fully saturated rings. The molecule has 19 heavy (non-hydrogen) atoms. The van der Waals surface area contributed by atoms with E-state index in [0.717, 1.165) is 17.1 Å². The summed E-state index contributed by atoms with van der Waals surface area (Å²) in [6.07, 6.45) is -1.30. The minimum absolute atomic E-state index is 0.271. The molecule has 102 valence electrons. The van der Waals surface area contributed by atoms with E-state index in [1.807, 2.05) is 0 Å². The first-order valence-electron chi connectivity index (χ1n) is 5.45. The van der Waals surface area contributed by atoms with Crippen molar-refractivity contribution in [3.05, 3.63) is 24.5 Å². The molecule has 4 N–H and O–H groups in total. The fourth-order valence-corrected chi connectivity index (χ4v) is 2.24. The molecule has 2 aromatic rings. The minimum atomic E-state index is -2.79. The molecule has 2 heterocycles. The quantitative estimate of drug-likeness (QED) is 0.781. The van der Waals surface area contributed by atoms with Crippen molar-refractivity contribution < 1.29 is 13.9 Å². The highest BCUT2D eigenvalue weighted by Crippen LogP contribution is 2.36. The van der Waals surface area contributed by atoms with Gasteiger partial charge in [0.05, 0.1) is 5.56 Å². The number of nitrogen functional groups attached to an aromatic ring is 1. The van der Waals surface area contributed by atoms with Crippen molar-refractivity contribution in [3.8, 4) is 11.1 Å². The summed E-state index contributed by atoms with van der Waals surface area (Å²) in [4.78, 5) is 3.97. The lowest BCUT2D eigenvalue weighted by atomic mass is 10.1. The summed E-state index contributed by atoms with van der Waals surface area (Å²) >= 11 is 1.05. The molecule has 0 saturated carbocycles. The lowest BCUT2D eigenvalue weighted by Crippen LogP contribution is -2.26. The average Bonchev–Trinajstić information content (AvgIpc) is 2.78. The molecule has 5 nitrogen and oxygen atoms in total. The average molecular weight is 286 g/mol. The molecule has 1 unspecified atom stereocenters. The zero-order valence-electron chi connectivity index (χ0n) is 9.75. The zero-order chi connectivity index (χ0) is 13.8. The minimum Gasteiger partial charge on any atom is -0.385 e. The summed E-state index contributed by atoms with van der Waals surface area (Å²) in [7, 11) is 0. The second kappa shape index (κ2) is 5.89. The van der Waals surface area contributed by atoms with Gasteiger partial charge in [0.2, 0.25) is 0 Å². The number of hydrogen-bond acceptors (Lipinski definition) is 6. The van der Waals surface area contributed by atoms with Gasteiger partial charge in [0.1, 0.15) is 16.9 Å². The van der Waals surface area contributed by atoms with E-state index < -0.39 is 12.5 Å². The van der Waals surface area contributed by atoms with Gasteiger partial charge in [-0.25, -0.2) is 8.78 Å². The van der Waals surface area contributed by atoms with E-state index in [9.17, 15) is 8.78 Å². The normalized spacial score (nSPS) is 12.6. The summed E-state index contributed by atoms with van der Waals surface area (Å²) in [5, 5.41) is 12.3. The van der Waals surface area contributed by atoms with E-state index in [0.29, 0.717) is 16.4 Å². The Labute approximate surface area is 112 Å². The van der Waals surface area contributed by atoms with Crippen LogP contribution < -0.4 is 11.1 Å². The molecule has 0 spiro atoms. The van der Waals surface area contributed by atoms with Crippen LogP contribution >= 0.6 is 11.5 Å². The number of anilines is 2. The van der Waals surface area contributed by atoms with Crippen molar-refractivity contribution in [2.45, 2.75) is 12.5 Å². The number of hydrogen-bond donors (Lipinski definition) is 3. The van der Waals surface area contributed by atoms with Crippen LogP contribution in [0.4, 0.5) is 19.6 Å². The molecule has 0 amide bonds. The summed E-state index contributed by atoms with van der Waals surface area (Å²) in [5.41, 5.74) is 7.11. The SMILES string of the molecule is Nc1nsc(NCC(O)C(F)F)c1-c1cccnc1. The number of alkyl halides is 2. The highest BCUT2D eigenvalue weighted by atomic mass is 32.1. The van der Waals surface area contributed by atoms with Gasteiger partial charge in [-0.05, 0) is 17.6 Å². The van der Waals surface area contributed by atoms with Crippen molar-refractivity contribution >= 4 is 22.4 Å². The summed E-state index contributed by atoms with van der Waals surface area (Å²) in [6, 6.07) is 3.53. The van der Waals surface area contributed by atoms with Gasteiger partial charge in [0.15, 0.2) is 0 Å². The maximum absolute atomic E-state index is 12.2. The van der Waals surface area contributed by atoms with Gasteiger partial charge >= 0.3 is 0 Å². The van der Waals surface area contributed by atoms with Crippen LogP contribution in [0.15, 0.2) is 24.5 Å². The third-order valence-electron chi connectivity index (χ3n) is 2.43. The lowest BCUT2D eigenvalue weighted by Gasteiger charge is -2.11. The number of nitrogens with zero attached hydrogens (tertiary/aromatic N) is 2. The Morgan fingerprint density at radius 3 is 2.89 bits per heavy atom. The Bertz CT molecular complexity index is 535. The molecule has 0 bridgehead atoms. The number of aliphatic hydroxyl groups excluding tert-OH is 1. The van der Waals surface area contributed by atoms with Crippen molar-refractivity contribution in [1.29, 1.82) is 0 Å². The van der Waals surface area contributed by atoms with Crippen LogP contribution in [0.25, 0.3) is 11.1 Å². The molecule has 0 saturated heterocycles. The third-order valence-corrected chi connectivity index (χ3v) is 3.25. The Balaban J connectivity index is 2.19. The second-order valence-electron chi connectivity index (χ2n) is 3.80. The van der Waals surface area contributed by atoms with Crippen LogP contribution in [-0.2, 0) is 0 Å². The molecule has 8 heteroatoms. The molecule has 2 aromatic heterocycles. The number of nitrogens with one attached hydrogen (secondary N) is 1. The molecule has 1 atom stereocenters. The molecule has 0 radical (unpaired) electrons. The molecule has 0 aliphatic rings.